The summed E-state index contributed by atoms with van der Waals surface area (Å²) in [6, 6.07) is 5.26. The average molecular weight is 321 g/mol. The van der Waals surface area contributed by atoms with Crippen molar-refractivity contribution < 1.29 is 13.2 Å². The van der Waals surface area contributed by atoms with E-state index in [9.17, 15) is 8.42 Å². The van der Waals surface area contributed by atoms with Crippen LogP contribution < -0.4 is 5.32 Å². The topological polar surface area (TPSA) is 55.4 Å². The number of benzene rings is 1. The van der Waals surface area contributed by atoms with Gasteiger partial charge in [-0.25, -0.2) is 8.42 Å². The van der Waals surface area contributed by atoms with E-state index in [-0.39, 0.29) is 6.10 Å². The third kappa shape index (κ3) is 3.20. The predicted octanol–water partition coefficient (Wildman–Crippen LogP) is 2.53. The van der Waals surface area contributed by atoms with Crippen molar-refractivity contribution in [3.8, 4) is 0 Å². The number of hydrogen-bond donors (Lipinski definition) is 1. The number of aryl methyl sites for hydroxylation is 1. The Morgan fingerprint density at radius 2 is 1.95 bits per heavy atom. The van der Waals surface area contributed by atoms with Crippen LogP contribution in [0.5, 0.6) is 0 Å². The maximum Gasteiger partial charge on any atom is 0.175 e. The summed E-state index contributed by atoms with van der Waals surface area (Å²) in [4.78, 5) is 0.363. The molecule has 22 heavy (non-hydrogen) atoms. The highest BCUT2D eigenvalue weighted by molar-refractivity contribution is 7.90. The molecule has 3 rings (SSSR count). The molecule has 0 bridgehead atoms. The lowest BCUT2D eigenvalue weighted by molar-refractivity contribution is 0.104. The van der Waals surface area contributed by atoms with Crippen LogP contribution in [0.4, 0.5) is 0 Å². The Kier molecular flexibility index (Phi) is 4.28. The van der Waals surface area contributed by atoms with E-state index < -0.39 is 9.84 Å². The molecule has 0 saturated carbocycles. The van der Waals surface area contributed by atoms with Crippen LogP contribution in [0, 0.1) is 12.8 Å². The molecular weight excluding hydrogens is 298 g/mol. The predicted molar refractivity (Wildman–Crippen MR) is 87.3 cm³/mol. The second kappa shape index (κ2) is 6.05. The molecule has 1 fully saturated rings. The Balaban J connectivity index is 1.75. The third-order valence-electron chi connectivity index (χ3n) is 4.61. The van der Waals surface area contributed by atoms with Crippen molar-refractivity contribution in [3.63, 3.8) is 0 Å². The molecule has 0 radical (unpaired) electrons. The summed E-state index contributed by atoms with van der Waals surface area (Å²) in [6.07, 6.45) is 6.93. The van der Waals surface area contributed by atoms with E-state index in [1.165, 1.54) is 6.26 Å². The van der Waals surface area contributed by atoms with Gasteiger partial charge in [0.05, 0.1) is 4.90 Å². The maximum atomic E-state index is 11.6. The maximum absolute atomic E-state index is 11.6. The number of piperidine rings is 1. The van der Waals surface area contributed by atoms with E-state index >= 15 is 0 Å². The van der Waals surface area contributed by atoms with Crippen LogP contribution in [0.1, 0.15) is 30.4 Å². The minimum Gasteiger partial charge on any atom is -0.490 e. The molecule has 1 aromatic rings. The first-order chi connectivity index (χ1) is 10.4. The molecule has 0 aliphatic carbocycles. The largest absolute Gasteiger partial charge is 0.490 e. The van der Waals surface area contributed by atoms with Gasteiger partial charge in [0.15, 0.2) is 9.84 Å². The average Bonchev–Trinajstić information content (AvgIpc) is 2.96. The minimum atomic E-state index is -3.16. The van der Waals surface area contributed by atoms with Crippen LogP contribution >= 0.6 is 0 Å². The zero-order valence-electron chi connectivity index (χ0n) is 13.1. The SMILES string of the molecule is Cc1cc(S(C)(=O)=O)ccc1C1=CCC(C2CCNCC2)O1. The van der Waals surface area contributed by atoms with Gasteiger partial charge >= 0.3 is 0 Å². The molecule has 1 aromatic carbocycles. The standard InChI is InChI=1S/C17H23NO3S/c1-12-11-14(22(2,19)20)3-4-15(12)17-6-5-16(21-17)13-7-9-18-10-8-13/h3-4,6,11,13,16,18H,5,7-10H2,1-2H3. The molecular formula is C17H23NO3S. The summed E-state index contributed by atoms with van der Waals surface area (Å²) in [6.45, 7) is 4.08. The fraction of sp³-hybridized carbons (Fsp3) is 0.529. The molecule has 2 aliphatic rings. The van der Waals surface area contributed by atoms with E-state index in [1.807, 2.05) is 13.0 Å². The van der Waals surface area contributed by atoms with Crippen molar-refractivity contribution in [2.45, 2.75) is 37.2 Å². The number of rotatable bonds is 3. The van der Waals surface area contributed by atoms with Crippen molar-refractivity contribution in [2.24, 2.45) is 5.92 Å². The van der Waals surface area contributed by atoms with Crippen LogP contribution in [0.25, 0.3) is 5.76 Å². The highest BCUT2D eigenvalue weighted by Gasteiger charge is 2.29. The molecule has 120 valence electrons. The van der Waals surface area contributed by atoms with Crippen molar-refractivity contribution in [1.82, 2.24) is 5.32 Å². The normalized spacial score (nSPS) is 23.2. The first kappa shape index (κ1) is 15.6. The minimum absolute atomic E-state index is 0.270. The Labute approximate surface area is 132 Å². The summed E-state index contributed by atoms with van der Waals surface area (Å²) in [7, 11) is -3.16. The summed E-state index contributed by atoms with van der Waals surface area (Å²) >= 11 is 0. The second-order valence-electron chi connectivity index (χ2n) is 6.30. The number of nitrogens with one attached hydrogen (secondary N) is 1. The van der Waals surface area contributed by atoms with E-state index in [2.05, 4.69) is 11.4 Å². The molecule has 1 atom stereocenters. The van der Waals surface area contributed by atoms with Gasteiger partial charge in [-0.05, 0) is 68.6 Å². The second-order valence-corrected chi connectivity index (χ2v) is 8.31. The fourth-order valence-electron chi connectivity index (χ4n) is 3.30. The monoisotopic (exact) mass is 321 g/mol. The molecule has 2 aliphatic heterocycles. The molecule has 5 heteroatoms. The van der Waals surface area contributed by atoms with Crippen molar-refractivity contribution in [3.05, 3.63) is 35.4 Å². The van der Waals surface area contributed by atoms with Crippen molar-refractivity contribution in [2.75, 3.05) is 19.3 Å². The molecule has 0 aromatic heterocycles. The van der Waals surface area contributed by atoms with Gasteiger partial charge in [0, 0.05) is 18.2 Å². The van der Waals surface area contributed by atoms with Gasteiger partial charge in [0.25, 0.3) is 0 Å². The van der Waals surface area contributed by atoms with Gasteiger partial charge in [-0.2, -0.15) is 0 Å². The van der Waals surface area contributed by atoms with E-state index in [0.29, 0.717) is 10.8 Å². The quantitative estimate of drug-likeness (QED) is 0.929. The molecule has 0 amide bonds. The van der Waals surface area contributed by atoms with Crippen LogP contribution in [0.3, 0.4) is 0 Å². The van der Waals surface area contributed by atoms with Crippen LogP contribution in [-0.4, -0.2) is 33.9 Å². The van der Waals surface area contributed by atoms with Gasteiger partial charge in [0.1, 0.15) is 11.9 Å². The highest BCUT2D eigenvalue weighted by atomic mass is 32.2. The van der Waals surface area contributed by atoms with Gasteiger partial charge in [-0.1, -0.05) is 0 Å². The van der Waals surface area contributed by atoms with Crippen LogP contribution in [0.15, 0.2) is 29.2 Å². The Bertz CT molecular complexity index is 688. The molecule has 2 heterocycles. The van der Waals surface area contributed by atoms with Crippen molar-refractivity contribution in [1.29, 1.82) is 0 Å². The summed E-state index contributed by atoms with van der Waals surface area (Å²) in [5.41, 5.74) is 1.95. The molecule has 1 unspecified atom stereocenters. The number of hydrogen-bond acceptors (Lipinski definition) is 4. The molecule has 0 spiro atoms. The number of sulfone groups is 1. The van der Waals surface area contributed by atoms with E-state index in [0.717, 1.165) is 49.2 Å². The Morgan fingerprint density at radius 1 is 1.23 bits per heavy atom. The van der Waals surface area contributed by atoms with Crippen molar-refractivity contribution >= 4 is 15.6 Å². The zero-order valence-corrected chi connectivity index (χ0v) is 13.9. The first-order valence-corrected chi connectivity index (χ1v) is 9.73. The first-order valence-electron chi connectivity index (χ1n) is 7.84. The van der Waals surface area contributed by atoms with Crippen LogP contribution in [-0.2, 0) is 14.6 Å². The smallest absolute Gasteiger partial charge is 0.175 e. The highest BCUT2D eigenvalue weighted by Crippen LogP contribution is 2.34. The molecule has 4 nitrogen and oxygen atoms in total. The molecule has 1 saturated heterocycles. The number of ether oxygens (including phenoxy) is 1. The van der Waals surface area contributed by atoms with E-state index in [1.54, 1.807) is 12.1 Å². The van der Waals surface area contributed by atoms with E-state index in [4.69, 9.17) is 4.74 Å². The lowest BCUT2D eigenvalue weighted by Crippen LogP contribution is -2.33. The molecule has 1 N–H and O–H groups in total. The third-order valence-corrected chi connectivity index (χ3v) is 5.73. The van der Waals surface area contributed by atoms with Gasteiger partial charge < -0.3 is 10.1 Å². The lowest BCUT2D eigenvalue weighted by atomic mass is 9.91. The lowest BCUT2D eigenvalue weighted by Gasteiger charge is -2.28. The van der Waals surface area contributed by atoms with Gasteiger partial charge in [-0.3, -0.25) is 0 Å². The summed E-state index contributed by atoms with van der Waals surface area (Å²) < 4.78 is 29.4. The Hall–Kier alpha value is -1.33. The van der Waals surface area contributed by atoms with Gasteiger partial charge in [-0.15, -0.1) is 0 Å². The summed E-state index contributed by atoms with van der Waals surface area (Å²) in [5, 5.41) is 3.38. The fourth-order valence-corrected chi connectivity index (χ4v) is 4.01. The van der Waals surface area contributed by atoms with Gasteiger partial charge in [0.2, 0.25) is 0 Å². The zero-order chi connectivity index (χ0) is 15.7. The van der Waals surface area contributed by atoms with Crippen LogP contribution in [0.2, 0.25) is 0 Å². The Morgan fingerprint density at radius 3 is 2.59 bits per heavy atom. The summed E-state index contributed by atoms with van der Waals surface area (Å²) in [5.74, 6) is 1.52.